The number of pyridine rings is 1. The van der Waals surface area contributed by atoms with Crippen LogP contribution in [0.2, 0.25) is 0 Å². The van der Waals surface area contributed by atoms with Crippen molar-refractivity contribution in [2.24, 2.45) is 11.1 Å². The van der Waals surface area contributed by atoms with Crippen LogP contribution < -0.4 is 10.5 Å². The van der Waals surface area contributed by atoms with Gasteiger partial charge in [0.25, 0.3) is 0 Å². The van der Waals surface area contributed by atoms with Gasteiger partial charge in [-0.05, 0) is 43.5 Å². The van der Waals surface area contributed by atoms with E-state index in [1.54, 1.807) is 6.20 Å². The Morgan fingerprint density at radius 3 is 2.81 bits per heavy atom. The maximum absolute atomic E-state index is 7.54. The van der Waals surface area contributed by atoms with Gasteiger partial charge < -0.3 is 10.5 Å². The van der Waals surface area contributed by atoms with E-state index >= 15 is 0 Å². The molecule has 0 saturated heterocycles. The summed E-state index contributed by atoms with van der Waals surface area (Å²) in [6, 6.07) is 9.87. The van der Waals surface area contributed by atoms with Gasteiger partial charge >= 0.3 is 0 Å². The predicted molar refractivity (Wildman–Crippen MR) is 86.8 cm³/mol. The van der Waals surface area contributed by atoms with Gasteiger partial charge in [0, 0.05) is 17.0 Å². The lowest BCUT2D eigenvalue weighted by molar-refractivity contribution is 0.299. The minimum absolute atomic E-state index is 0.219. The van der Waals surface area contributed by atoms with Crippen molar-refractivity contribution < 1.29 is 4.74 Å². The Morgan fingerprint density at radius 2 is 2.05 bits per heavy atom. The first-order valence-corrected chi connectivity index (χ1v) is 7.32. The quantitative estimate of drug-likeness (QED) is 0.462. The molecule has 0 bridgehead atoms. The maximum Gasteiger partial charge on any atom is 0.128 e. The summed E-state index contributed by atoms with van der Waals surface area (Å²) in [5.41, 5.74) is 6.32. The maximum atomic E-state index is 7.54. The molecule has 0 fully saturated rings. The predicted octanol–water partition coefficient (Wildman–Crippen LogP) is 3.75. The minimum Gasteiger partial charge on any atom is -0.493 e. The average molecular weight is 285 g/mol. The zero-order valence-electron chi connectivity index (χ0n) is 12.7. The molecule has 1 aromatic carbocycles. The molecule has 4 heteroatoms. The van der Waals surface area contributed by atoms with Gasteiger partial charge in [-0.2, -0.15) is 0 Å². The van der Waals surface area contributed by atoms with E-state index in [4.69, 9.17) is 15.9 Å². The molecule has 0 aliphatic heterocycles. The van der Waals surface area contributed by atoms with Crippen molar-refractivity contribution in [2.75, 3.05) is 6.61 Å². The second-order valence-corrected chi connectivity index (χ2v) is 5.93. The zero-order chi connectivity index (χ0) is 15.3. The SMILES string of the molecule is CC(C)(CCCCOc1cccc2ncccc12)C(=N)N. The molecule has 112 valence electrons. The molecule has 0 unspecified atom stereocenters. The lowest BCUT2D eigenvalue weighted by atomic mass is 9.86. The van der Waals surface area contributed by atoms with E-state index in [9.17, 15) is 0 Å². The van der Waals surface area contributed by atoms with Crippen LogP contribution >= 0.6 is 0 Å². The van der Waals surface area contributed by atoms with E-state index < -0.39 is 0 Å². The molecule has 0 radical (unpaired) electrons. The number of aromatic nitrogens is 1. The number of benzene rings is 1. The first-order valence-electron chi connectivity index (χ1n) is 7.32. The van der Waals surface area contributed by atoms with Crippen LogP contribution in [0.3, 0.4) is 0 Å². The monoisotopic (exact) mass is 285 g/mol. The van der Waals surface area contributed by atoms with E-state index in [0.29, 0.717) is 6.61 Å². The van der Waals surface area contributed by atoms with Gasteiger partial charge in [-0.25, -0.2) is 0 Å². The third-order valence-electron chi connectivity index (χ3n) is 3.79. The fraction of sp³-hybridized carbons (Fsp3) is 0.412. The Balaban J connectivity index is 1.85. The summed E-state index contributed by atoms with van der Waals surface area (Å²) in [6.07, 6.45) is 4.64. The Kier molecular flexibility index (Phi) is 4.78. The molecule has 1 heterocycles. The topological polar surface area (TPSA) is 72.0 Å². The molecule has 2 rings (SSSR count). The molecular weight excluding hydrogens is 262 g/mol. The van der Waals surface area contributed by atoms with Crippen LogP contribution in [0, 0.1) is 10.8 Å². The van der Waals surface area contributed by atoms with Crippen molar-refractivity contribution in [3.63, 3.8) is 0 Å². The van der Waals surface area contributed by atoms with Gasteiger partial charge in [0.2, 0.25) is 0 Å². The number of nitrogens with two attached hydrogens (primary N) is 1. The first kappa shape index (κ1) is 15.3. The number of fused-ring (bicyclic) bond motifs is 1. The van der Waals surface area contributed by atoms with E-state index in [0.717, 1.165) is 35.9 Å². The van der Waals surface area contributed by atoms with Gasteiger partial charge in [-0.1, -0.05) is 19.9 Å². The minimum atomic E-state index is -0.219. The van der Waals surface area contributed by atoms with Crippen LogP contribution in [0.1, 0.15) is 33.1 Å². The highest BCUT2D eigenvalue weighted by Gasteiger charge is 2.20. The van der Waals surface area contributed by atoms with Gasteiger partial charge in [0.1, 0.15) is 5.75 Å². The standard InChI is InChI=1S/C17H23N3O/c1-17(2,16(18)19)10-3-4-12-21-15-9-5-8-14-13(15)7-6-11-20-14/h5-9,11H,3-4,10,12H2,1-2H3,(H3,18,19). The van der Waals surface area contributed by atoms with Crippen molar-refractivity contribution in [3.8, 4) is 5.75 Å². The normalized spacial score (nSPS) is 11.5. The summed E-state index contributed by atoms with van der Waals surface area (Å²) in [4.78, 5) is 4.32. The van der Waals surface area contributed by atoms with Crippen LogP contribution in [0.15, 0.2) is 36.5 Å². The lowest BCUT2D eigenvalue weighted by Gasteiger charge is -2.22. The molecular formula is C17H23N3O. The van der Waals surface area contributed by atoms with Gasteiger partial charge in [-0.15, -0.1) is 0 Å². The summed E-state index contributed by atoms with van der Waals surface area (Å²) in [7, 11) is 0. The largest absolute Gasteiger partial charge is 0.493 e. The molecule has 4 nitrogen and oxygen atoms in total. The van der Waals surface area contributed by atoms with Crippen LogP contribution in [0.4, 0.5) is 0 Å². The molecule has 21 heavy (non-hydrogen) atoms. The summed E-state index contributed by atoms with van der Waals surface area (Å²) in [6.45, 7) is 4.68. The highest BCUT2D eigenvalue weighted by atomic mass is 16.5. The third kappa shape index (κ3) is 3.94. The number of hydrogen-bond donors (Lipinski definition) is 2. The average Bonchev–Trinajstić information content (AvgIpc) is 2.47. The molecule has 2 aromatic rings. The molecule has 0 saturated carbocycles. The highest BCUT2D eigenvalue weighted by Crippen LogP contribution is 2.25. The van der Waals surface area contributed by atoms with Crippen molar-refractivity contribution in [2.45, 2.75) is 33.1 Å². The Labute approximate surface area is 125 Å². The Bertz CT molecular complexity index is 617. The molecule has 0 atom stereocenters. The van der Waals surface area contributed by atoms with Gasteiger partial charge in [-0.3, -0.25) is 10.4 Å². The number of hydrogen-bond acceptors (Lipinski definition) is 3. The second kappa shape index (κ2) is 6.57. The number of amidine groups is 1. The lowest BCUT2D eigenvalue weighted by Crippen LogP contribution is -2.30. The van der Waals surface area contributed by atoms with Crippen molar-refractivity contribution in [1.29, 1.82) is 5.41 Å². The van der Waals surface area contributed by atoms with Crippen LogP contribution in [-0.4, -0.2) is 17.4 Å². The first-order chi connectivity index (χ1) is 10.0. The Morgan fingerprint density at radius 1 is 1.24 bits per heavy atom. The molecule has 3 N–H and O–H groups in total. The van der Waals surface area contributed by atoms with E-state index in [1.165, 1.54) is 0 Å². The molecule has 0 spiro atoms. The zero-order valence-corrected chi connectivity index (χ0v) is 12.7. The molecule has 0 aliphatic rings. The number of nitrogens with zero attached hydrogens (tertiary/aromatic N) is 1. The molecule has 0 amide bonds. The fourth-order valence-electron chi connectivity index (χ4n) is 2.19. The number of nitrogens with one attached hydrogen (secondary N) is 1. The number of ether oxygens (including phenoxy) is 1. The molecule has 0 aliphatic carbocycles. The van der Waals surface area contributed by atoms with Crippen LogP contribution in [-0.2, 0) is 0 Å². The summed E-state index contributed by atoms with van der Waals surface area (Å²) in [5.74, 6) is 1.13. The summed E-state index contributed by atoms with van der Waals surface area (Å²) in [5, 5.41) is 8.59. The number of rotatable bonds is 7. The van der Waals surface area contributed by atoms with Crippen LogP contribution in [0.5, 0.6) is 5.75 Å². The van der Waals surface area contributed by atoms with Crippen molar-refractivity contribution >= 4 is 16.7 Å². The van der Waals surface area contributed by atoms with E-state index in [2.05, 4.69) is 4.98 Å². The number of unbranched alkanes of at least 4 members (excludes halogenated alkanes) is 1. The van der Waals surface area contributed by atoms with Gasteiger partial charge in [0.15, 0.2) is 0 Å². The van der Waals surface area contributed by atoms with Crippen LogP contribution in [0.25, 0.3) is 10.9 Å². The summed E-state index contributed by atoms with van der Waals surface area (Å²) < 4.78 is 5.87. The highest BCUT2D eigenvalue weighted by molar-refractivity contribution is 5.84. The van der Waals surface area contributed by atoms with E-state index in [1.807, 2.05) is 44.2 Å². The smallest absolute Gasteiger partial charge is 0.128 e. The Hall–Kier alpha value is -2.10. The van der Waals surface area contributed by atoms with E-state index in [-0.39, 0.29) is 11.3 Å². The second-order valence-electron chi connectivity index (χ2n) is 5.93. The van der Waals surface area contributed by atoms with Crippen molar-refractivity contribution in [1.82, 2.24) is 4.98 Å². The molecule has 1 aromatic heterocycles. The van der Waals surface area contributed by atoms with Crippen molar-refractivity contribution in [3.05, 3.63) is 36.5 Å². The third-order valence-corrected chi connectivity index (χ3v) is 3.79. The fourth-order valence-corrected chi connectivity index (χ4v) is 2.19. The van der Waals surface area contributed by atoms with Gasteiger partial charge in [0.05, 0.1) is 18.0 Å². The summed E-state index contributed by atoms with van der Waals surface area (Å²) >= 11 is 0.